The molecule has 0 spiro atoms. The number of hydrogen-bond acceptors (Lipinski definition) is 6. The zero-order valence-corrected chi connectivity index (χ0v) is 18.3. The van der Waals surface area contributed by atoms with E-state index in [9.17, 15) is 19.5 Å². The molecule has 0 aliphatic carbocycles. The summed E-state index contributed by atoms with van der Waals surface area (Å²) in [4.78, 5) is 42.3. The van der Waals surface area contributed by atoms with Crippen molar-refractivity contribution in [2.75, 3.05) is 0 Å². The molecule has 3 amide bonds. The molecule has 5 rings (SSSR count). The zero-order valence-electron chi connectivity index (χ0n) is 17.5. The molecule has 2 aromatic carbocycles. The van der Waals surface area contributed by atoms with Gasteiger partial charge in [-0.05, 0) is 41.8 Å². The van der Waals surface area contributed by atoms with Gasteiger partial charge in [-0.25, -0.2) is 4.98 Å². The van der Waals surface area contributed by atoms with Crippen molar-refractivity contribution in [3.05, 3.63) is 64.2 Å². The number of thiazole rings is 1. The Labute approximate surface area is 193 Å². The standard InChI is InChI=1S/C24H20N4O4S/c29-21(7-3-14-2-6-20-18(10-14)26-13-33-20)25-11-15-1-4-17-16(9-15)12-28(24(17)32)19-5-8-22(30)27-23(19)31/h1-2,4,6,9-10,13,19,23,31H,5,8,11-12H2,(H,25,29)(H,27,30). The van der Waals surface area contributed by atoms with Crippen LogP contribution in [0, 0.1) is 11.8 Å². The molecule has 0 bridgehead atoms. The number of aliphatic hydroxyl groups excluding tert-OH is 1. The summed E-state index contributed by atoms with van der Waals surface area (Å²) < 4.78 is 1.07. The number of carbonyl (C=O) groups excluding carboxylic acids is 3. The number of aromatic nitrogens is 1. The summed E-state index contributed by atoms with van der Waals surface area (Å²) in [5.41, 5.74) is 5.61. The highest BCUT2D eigenvalue weighted by atomic mass is 32.1. The second-order valence-electron chi connectivity index (χ2n) is 8.01. The molecular formula is C24H20N4O4S. The molecule has 3 aromatic rings. The number of aliphatic hydroxyl groups is 1. The number of piperidine rings is 1. The molecule has 0 radical (unpaired) electrons. The second kappa shape index (κ2) is 8.65. The van der Waals surface area contributed by atoms with Gasteiger partial charge in [-0.15, -0.1) is 11.3 Å². The van der Waals surface area contributed by atoms with Crippen molar-refractivity contribution in [1.29, 1.82) is 0 Å². The van der Waals surface area contributed by atoms with E-state index in [1.54, 1.807) is 33.9 Å². The van der Waals surface area contributed by atoms with Crippen molar-refractivity contribution in [2.24, 2.45) is 0 Å². The van der Waals surface area contributed by atoms with Gasteiger partial charge in [0.25, 0.3) is 11.8 Å². The summed E-state index contributed by atoms with van der Waals surface area (Å²) in [7, 11) is 0. The van der Waals surface area contributed by atoms with Crippen molar-refractivity contribution < 1.29 is 19.5 Å². The lowest BCUT2D eigenvalue weighted by Crippen LogP contribution is -2.55. The maximum Gasteiger partial charge on any atom is 0.296 e. The van der Waals surface area contributed by atoms with Crippen LogP contribution >= 0.6 is 11.3 Å². The molecule has 2 aliphatic rings. The molecule has 3 N–H and O–H groups in total. The minimum Gasteiger partial charge on any atom is -0.372 e. The zero-order chi connectivity index (χ0) is 22.9. The summed E-state index contributed by atoms with van der Waals surface area (Å²) in [5.74, 6) is 4.68. The van der Waals surface area contributed by atoms with Crippen LogP contribution in [0.15, 0.2) is 41.9 Å². The predicted molar refractivity (Wildman–Crippen MR) is 122 cm³/mol. The van der Waals surface area contributed by atoms with Gasteiger partial charge in [-0.3, -0.25) is 14.4 Å². The Bertz CT molecular complexity index is 1340. The lowest BCUT2D eigenvalue weighted by atomic mass is 10.0. The van der Waals surface area contributed by atoms with Crippen molar-refractivity contribution in [2.45, 2.75) is 38.2 Å². The van der Waals surface area contributed by atoms with Crippen LogP contribution in [-0.2, 0) is 22.7 Å². The Balaban J connectivity index is 1.22. The number of fused-ring (bicyclic) bond motifs is 2. The van der Waals surface area contributed by atoms with E-state index in [-0.39, 0.29) is 24.8 Å². The molecule has 0 saturated carbocycles. The molecule has 3 heterocycles. The Morgan fingerprint density at radius 3 is 3.00 bits per heavy atom. The van der Waals surface area contributed by atoms with Crippen molar-refractivity contribution in [3.8, 4) is 11.8 Å². The molecule has 9 heteroatoms. The fourth-order valence-electron chi connectivity index (χ4n) is 4.16. The lowest BCUT2D eigenvalue weighted by molar-refractivity contribution is -0.129. The van der Waals surface area contributed by atoms with E-state index < -0.39 is 18.2 Å². The smallest absolute Gasteiger partial charge is 0.296 e. The van der Waals surface area contributed by atoms with Crippen LogP contribution in [0.4, 0.5) is 0 Å². The first kappa shape index (κ1) is 21.1. The summed E-state index contributed by atoms with van der Waals surface area (Å²) >= 11 is 1.55. The van der Waals surface area contributed by atoms with Crippen LogP contribution in [0.3, 0.4) is 0 Å². The molecule has 166 valence electrons. The topological polar surface area (TPSA) is 112 Å². The first-order valence-electron chi connectivity index (χ1n) is 10.5. The van der Waals surface area contributed by atoms with Crippen LogP contribution < -0.4 is 10.6 Å². The average molecular weight is 461 g/mol. The third-order valence-corrected chi connectivity index (χ3v) is 6.66. The van der Waals surface area contributed by atoms with E-state index in [4.69, 9.17) is 0 Å². The van der Waals surface area contributed by atoms with Crippen LogP contribution in [0.5, 0.6) is 0 Å². The number of nitrogens with one attached hydrogen (secondary N) is 2. The van der Waals surface area contributed by atoms with Crippen LogP contribution in [-0.4, -0.2) is 45.0 Å². The number of benzene rings is 2. The van der Waals surface area contributed by atoms with Gasteiger partial charge in [0.05, 0.1) is 21.8 Å². The molecule has 1 fully saturated rings. The summed E-state index contributed by atoms with van der Waals surface area (Å²) in [5, 5.41) is 15.4. The highest BCUT2D eigenvalue weighted by molar-refractivity contribution is 7.16. The van der Waals surface area contributed by atoms with Gasteiger partial charge in [-0.2, -0.15) is 0 Å². The Morgan fingerprint density at radius 2 is 2.15 bits per heavy atom. The number of rotatable bonds is 3. The summed E-state index contributed by atoms with van der Waals surface area (Å²) in [6.45, 7) is 0.634. The minimum absolute atomic E-state index is 0.163. The van der Waals surface area contributed by atoms with E-state index in [1.165, 1.54) is 0 Å². The molecule has 33 heavy (non-hydrogen) atoms. The number of carbonyl (C=O) groups is 3. The van der Waals surface area contributed by atoms with Gasteiger partial charge in [-0.1, -0.05) is 18.1 Å². The van der Waals surface area contributed by atoms with Crippen molar-refractivity contribution in [1.82, 2.24) is 20.5 Å². The van der Waals surface area contributed by atoms with E-state index in [0.29, 0.717) is 18.5 Å². The Morgan fingerprint density at radius 1 is 1.27 bits per heavy atom. The largest absolute Gasteiger partial charge is 0.372 e. The lowest BCUT2D eigenvalue weighted by Gasteiger charge is -2.35. The van der Waals surface area contributed by atoms with Crippen LogP contribution in [0.25, 0.3) is 10.2 Å². The highest BCUT2D eigenvalue weighted by Gasteiger charge is 2.38. The summed E-state index contributed by atoms with van der Waals surface area (Å²) in [6.07, 6.45) is -0.375. The van der Waals surface area contributed by atoms with Crippen molar-refractivity contribution in [3.63, 3.8) is 0 Å². The summed E-state index contributed by atoms with van der Waals surface area (Å²) in [6, 6.07) is 10.6. The van der Waals surface area contributed by atoms with Gasteiger partial charge in [0.15, 0.2) is 0 Å². The molecule has 8 nitrogen and oxygen atoms in total. The maximum atomic E-state index is 12.8. The first-order valence-corrected chi connectivity index (χ1v) is 11.4. The van der Waals surface area contributed by atoms with Gasteiger partial charge in [0.2, 0.25) is 5.91 Å². The van der Waals surface area contributed by atoms with E-state index >= 15 is 0 Å². The maximum absolute atomic E-state index is 12.8. The fraction of sp³-hybridized carbons (Fsp3) is 0.250. The van der Waals surface area contributed by atoms with Crippen LogP contribution in [0.1, 0.15) is 39.9 Å². The van der Waals surface area contributed by atoms with Crippen LogP contribution in [0.2, 0.25) is 0 Å². The molecule has 2 atom stereocenters. The predicted octanol–water partition coefficient (Wildman–Crippen LogP) is 1.52. The first-order chi connectivity index (χ1) is 16.0. The number of hydrogen-bond donors (Lipinski definition) is 3. The van der Waals surface area contributed by atoms with Gasteiger partial charge >= 0.3 is 0 Å². The highest BCUT2D eigenvalue weighted by Crippen LogP contribution is 2.29. The van der Waals surface area contributed by atoms with Gasteiger partial charge in [0, 0.05) is 36.6 Å². The third-order valence-electron chi connectivity index (χ3n) is 5.85. The molecule has 1 aromatic heterocycles. The van der Waals surface area contributed by atoms with E-state index in [0.717, 1.165) is 26.9 Å². The normalized spacial score (nSPS) is 19.6. The quantitative estimate of drug-likeness (QED) is 0.513. The van der Waals surface area contributed by atoms with E-state index in [1.807, 2.05) is 24.3 Å². The van der Waals surface area contributed by atoms with Gasteiger partial charge in [0.1, 0.15) is 6.23 Å². The Hall–Kier alpha value is -3.74. The molecule has 2 aliphatic heterocycles. The number of nitrogens with zero attached hydrogens (tertiary/aromatic N) is 2. The average Bonchev–Trinajstić information content (AvgIpc) is 3.40. The monoisotopic (exact) mass is 460 g/mol. The molecule has 2 unspecified atom stereocenters. The number of amides is 3. The fourth-order valence-corrected chi connectivity index (χ4v) is 4.82. The van der Waals surface area contributed by atoms with Gasteiger partial charge < -0.3 is 20.6 Å². The Kier molecular flexibility index (Phi) is 5.54. The second-order valence-corrected chi connectivity index (χ2v) is 8.90. The third kappa shape index (κ3) is 4.31. The van der Waals surface area contributed by atoms with Crippen molar-refractivity contribution >= 4 is 39.3 Å². The SMILES string of the molecule is O=C(C#Cc1ccc2scnc2c1)NCc1ccc2c(c1)CN(C1CCC(=O)NC1O)C2=O. The molecular weight excluding hydrogens is 440 g/mol. The molecule has 1 saturated heterocycles. The van der Waals surface area contributed by atoms with E-state index in [2.05, 4.69) is 27.5 Å². The minimum atomic E-state index is -1.07.